The van der Waals surface area contributed by atoms with Crippen LogP contribution in [-0.2, 0) is 6.42 Å². The molecule has 0 aliphatic carbocycles. The summed E-state index contributed by atoms with van der Waals surface area (Å²) in [6.45, 7) is 4.81. The zero-order valence-corrected chi connectivity index (χ0v) is 20.5. The van der Waals surface area contributed by atoms with E-state index in [0.29, 0.717) is 48.4 Å². The lowest BCUT2D eigenvalue weighted by Gasteiger charge is -2.20. The lowest BCUT2D eigenvalue weighted by atomic mass is 10.1. The lowest BCUT2D eigenvalue weighted by Crippen LogP contribution is -2.22. The van der Waals surface area contributed by atoms with Gasteiger partial charge in [-0.3, -0.25) is 19.0 Å². The molecule has 184 valence electrons. The van der Waals surface area contributed by atoms with Crippen LogP contribution in [0.15, 0.2) is 71.7 Å². The number of hydrogen-bond acceptors (Lipinski definition) is 6. The number of carbonyl (C=O) groups is 2. The van der Waals surface area contributed by atoms with Crippen molar-refractivity contribution in [3.63, 3.8) is 0 Å². The topological polar surface area (TPSA) is 86.4 Å². The average Bonchev–Trinajstić information content (AvgIpc) is 3.27. The minimum absolute atomic E-state index is 0.0501. The fourth-order valence-electron chi connectivity index (χ4n) is 4.08. The summed E-state index contributed by atoms with van der Waals surface area (Å²) in [5.74, 6) is 0.719. The van der Waals surface area contributed by atoms with Crippen molar-refractivity contribution in [2.75, 3.05) is 25.1 Å². The van der Waals surface area contributed by atoms with Gasteiger partial charge in [0.05, 0.1) is 12.3 Å². The third-order valence-corrected chi connectivity index (χ3v) is 6.07. The molecule has 8 heteroatoms. The van der Waals surface area contributed by atoms with Gasteiger partial charge in [0.2, 0.25) is 0 Å². The van der Waals surface area contributed by atoms with Gasteiger partial charge in [-0.1, -0.05) is 6.07 Å². The van der Waals surface area contributed by atoms with Crippen LogP contribution in [0.4, 0.5) is 5.69 Å². The van der Waals surface area contributed by atoms with Crippen LogP contribution >= 0.6 is 0 Å². The molecule has 0 bridgehead atoms. The van der Waals surface area contributed by atoms with Gasteiger partial charge < -0.3 is 9.64 Å². The number of hydrogen-bond donors (Lipinski definition) is 0. The summed E-state index contributed by atoms with van der Waals surface area (Å²) in [5.41, 5.74) is 4.22. The summed E-state index contributed by atoms with van der Waals surface area (Å²) in [6, 6.07) is 18.5. The van der Waals surface area contributed by atoms with Crippen LogP contribution in [0.3, 0.4) is 0 Å². The lowest BCUT2D eigenvalue weighted by molar-refractivity contribution is 0.111. The molecule has 0 fully saturated rings. The van der Waals surface area contributed by atoms with Gasteiger partial charge in [-0.25, -0.2) is 4.68 Å². The van der Waals surface area contributed by atoms with Crippen molar-refractivity contribution in [3.05, 3.63) is 99.7 Å². The van der Waals surface area contributed by atoms with Gasteiger partial charge >= 0.3 is 0 Å². The molecule has 0 saturated carbocycles. The van der Waals surface area contributed by atoms with Crippen LogP contribution in [-0.4, -0.2) is 47.1 Å². The van der Waals surface area contributed by atoms with Gasteiger partial charge in [0.15, 0.2) is 12.6 Å². The third-order valence-electron chi connectivity index (χ3n) is 6.07. The highest BCUT2D eigenvalue weighted by Gasteiger charge is 2.19. The summed E-state index contributed by atoms with van der Waals surface area (Å²) in [6.07, 6.45) is 3.62. The fraction of sp³-hybridized carbons (Fsp3) is 0.214. The Kier molecular flexibility index (Phi) is 7.44. The van der Waals surface area contributed by atoms with E-state index in [1.54, 1.807) is 48.0 Å². The summed E-state index contributed by atoms with van der Waals surface area (Å²) >= 11 is 0. The minimum Gasteiger partial charge on any atom is -0.494 e. The number of aryl methyl sites for hydroxylation is 1. The van der Waals surface area contributed by atoms with Crippen molar-refractivity contribution in [1.82, 2.24) is 14.3 Å². The highest BCUT2D eigenvalue weighted by Crippen LogP contribution is 2.22. The number of ether oxygens (including phenoxy) is 1. The van der Waals surface area contributed by atoms with E-state index in [9.17, 15) is 14.4 Å². The quantitative estimate of drug-likeness (QED) is 0.316. The normalized spacial score (nSPS) is 10.8. The van der Waals surface area contributed by atoms with E-state index in [2.05, 4.69) is 5.10 Å². The number of aromatic nitrogens is 3. The largest absolute Gasteiger partial charge is 0.494 e. The van der Waals surface area contributed by atoms with E-state index < -0.39 is 0 Å². The van der Waals surface area contributed by atoms with Crippen molar-refractivity contribution in [3.8, 4) is 17.1 Å². The van der Waals surface area contributed by atoms with E-state index in [0.717, 1.165) is 23.4 Å². The SMILES string of the molecule is CCOc1ccc(-n2nc(C=O)c(CCN(C)c3ccc(-n4cccc(C)c4=O)cc3)c2C=O)cc1. The standard InChI is InChI=1S/C28H28N4O4/c1-4-36-24-13-11-23(12-14-24)32-27(19-34)25(26(18-33)29-32)15-17-30(3)21-7-9-22(10-8-21)31-16-5-6-20(2)28(31)35/h5-14,16,18-19H,4,15,17H2,1-3H3. The summed E-state index contributed by atoms with van der Waals surface area (Å²) < 4.78 is 8.58. The van der Waals surface area contributed by atoms with Crippen LogP contribution in [0.5, 0.6) is 5.75 Å². The monoisotopic (exact) mass is 484 g/mol. The zero-order valence-electron chi connectivity index (χ0n) is 20.5. The molecule has 0 spiro atoms. The first-order valence-corrected chi connectivity index (χ1v) is 11.7. The van der Waals surface area contributed by atoms with Gasteiger partial charge in [0.25, 0.3) is 5.56 Å². The van der Waals surface area contributed by atoms with Gasteiger partial charge in [-0.05, 0) is 74.9 Å². The van der Waals surface area contributed by atoms with Crippen molar-refractivity contribution in [1.29, 1.82) is 0 Å². The third kappa shape index (κ3) is 4.98. The van der Waals surface area contributed by atoms with E-state index in [1.807, 2.05) is 49.2 Å². The number of aldehydes is 2. The Morgan fingerprint density at radius 1 is 0.972 bits per heavy atom. The molecule has 2 aromatic carbocycles. The van der Waals surface area contributed by atoms with Crippen LogP contribution in [0.1, 0.15) is 39.0 Å². The molecule has 0 radical (unpaired) electrons. The van der Waals surface area contributed by atoms with E-state index in [1.165, 1.54) is 4.68 Å². The molecule has 0 unspecified atom stereocenters. The van der Waals surface area contributed by atoms with E-state index >= 15 is 0 Å². The van der Waals surface area contributed by atoms with Crippen molar-refractivity contribution in [2.24, 2.45) is 0 Å². The molecule has 0 aliphatic rings. The Morgan fingerprint density at radius 2 is 1.67 bits per heavy atom. The van der Waals surface area contributed by atoms with E-state index in [-0.39, 0.29) is 11.3 Å². The first-order valence-electron chi connectivity index (χ1n) is 11.7. The molecule has 4 rings (SSSR count). The highest BCUT2D eigenvalue weighted by atomic mass is 16.5. The van der Waals surface area contributed by atoms with Gasteiger partial charge in [-0.15, -0.1) is 0 Å². The van der Waals surface area contributed by atoms with Crippen molar-refractivity contribution in [2.45, 2.75) is 20.3 Å². The summed E-state index contributed by atoms with van der Waals surface area (Å²) in [4.78, 5) is 38.2. The van der Waals surface area contributed by atoms with Gasteiger partial charge in [0, 0.05) is 42.3 Å². The molecular weight excluding hydrogens is 456 g/mol. The maximum absolute atomic E-state index is 12.4. The highest BCUT2D eigenvalue weighted by molar-refractivity contribution is 5.84. The van der Waals surface area contributed by atoms with E-state index in [4.69, 9.17) is 4.74 Å². The number of nitrogens with zero attached hydrogens (tertiary/aromatic N) is 4. The number of rotatable bonds is 10. The van der Waals surface area contributed by atoms with Gasteiger partial charge in [0.1, 0.15) is 17.1 Å². The molecule has 0 amide bonds. The number of carbonyl (C=O) groups excluding carboxylic acids is 2. The van der Waals surface area contributed by atoms with Gasteiger partial charge in [-0.2, -0.15) is 5.10 Å². The first-order chi connectivity index (χ1) is 17.5. The number of benzene rings is 2. The first kappa shape index (κ1) is 24.7. The minimum atomic E-state index is -0.0501. The predicted molar refractivity (Wildman–Crippen MR) is 139 cm³/mol. The van der Waals surface area contributed by atoms with Crippen molar-refractivity contribution < 1.29 is 14.3 Å². The predicted octanol–water partition coefficient (Wildman–Crippen LogP) is 4.03. The maximum Gasteiger partial charge on any atom is 0.257 e. The smallest absolute Gasteiger partial charge is 0.257 e. The number of likely N-dealkylation sites (N-methyl/N-ethyl adjacent to an activating group) is 1. The molecule has 4 aromatic rings. The zero-order chi connectivity index (χ0) is 25.7. The number of anilines is 1. The van der Waals surface area contributed by atoms with Crippen LogP contribution in [0.2, 0.25) is 0 Å². The second-order valence-electron chi connectivity index (χ2n) is 8.38. The van der Waals surface area contributed by atoms with Crippen LogP contribution < -0.4 is 15.2 Å². The fourth-order valence-corrected chi connectivity index (χ4v) is 4.08. The summed E-state index contributed by atoms with van der Waals surface area (Å²) in [7, 11) is 1.94. The molecule has 0 saturated heterocycles. The molecule has 0 atom stereocenters. The molecule has 8 nitrogen and oxygen atoms in total. The molecule has 2 aromatic heterocycles. The Morgan fingerprint density at radius 3 is 2.31 bits per heavy atom. The second kappa shape index (κ2) is 10.9. The maximum atomic E-state index is 12.4. The average molecular weight is 485 g/mol. The van der Waals surface area contributed by atoms with Crippen LogP contribution in [0, 0.1) is 6.92 Å². The number of pyridine rings is 1. The molecular formula is C28H28N4O4. The summed E-state index contributed by atoms with van der Waals surface area (Å²) in [5, 5.41) is 4.38. The second-order valence-corrected chi connectivity index (χ2v) is 8.38. The molecule has 0 N–H and O–H groups in total. The Hall–Kier alpha value is -4.46. The molecule has 36 heavy (non-hydrogen) atoms. The van der Waals surface area contributed by atoms with Crippen molar-refractivity contribution >= 4 is 18.3 Å². The Bertz CT molecular complexity index is 1420. The Balaban J connectivity index is 1.53. The Labute approximate surface area is 209 Å². The molecule has 0 aliphatic heterocycles. The molecule has 2 heterocycles. The van der Waals surface area contributed by atoms with Crippen LogP contribution in [0.25, 0.3) is 11.4 Å².